The first kappa shape index (κ1) is 27.5. The van der Waals surface area contributed by atoms with E-state index < -0.39 is 0 Å². The lowest BCUT2D eigenvalue weighted by Gasteiger charge is -2.49. The maximum absolute atomic E-state index is 6.71. The van der Waals surface area contributed by atoms with Crippen LogP contribution in [0, 0.1) is 24.7 Å². The molecule has 0 fully saturated rings. The summed E-state index contributed by atoms with van der Waals surface area (Å²) in [6.45, 7) is 13.8. The lowest BCUT2D eigenvalue weighted by Crippen LogP contribution is -2.35. The highest BCUT2D eigenvalue weighted by Crippen LogP contribution is 2.64. The number of hydrogen-bond donors (Lipinski definition) is 0. The van der Waals surface area contributed by atoms with Crippen LogP contribution in [0.4, 0.5) is 0 Å². The van der Waals surface area contributed by atoms with Crippen LogP contribution in [0.2, 0.25) is 0 Å². The average Bonchev–Trinajstić information content (AvgIpc) is 3.05. The van der Waals surface area contributed by atoms with Gasteiger partial charge in [-0.1, -0.05) is 138 Å². The third-order valence-electron chi connectivity index (χ3n) is 11.5. The second-order valence-corrected chi connectivity index (χ2v) is 15.9. The van der Waals surface area contributed by atoms with E-state index in [-0.39, 0.29) is 34.5 Å². The van der Waals surface area contributed by atoms with Crippen LogP contribution in [0.3, 0.4) is 0 Å². The molecule has 0 aliphatic heterocycles. The van der Waals surface area contributed by atoms with Gasteiger partial charge < -0.3 is 0 Å². The molecule has 5 aromatic carbocycles. The van der Waals surface area contributed by atoms with Gasteiger partial charge in [0.1, 0.15) is 0 Å². The summed E-state index contributed by atoms with van der Waals surface area (Å²) < 4.78 is 0. The summed E-state index contributed by atoms with van der Waals surface area (Å²) in [5.74, 6) is 6.89. The van der Waals surface area contributed by atoms with Gasteiger partial charge in [-0.15, -0.1) is 12.8 Å². The van der Waals surface area contributed by atoms with Crippen molar-refractivity contribution in [2.24, 2.45) is 0 Å². The van der Waals surface area contributed by atoms with Crippen LogP contribution >= 0.6 is 0 Å². The highest BCUT2D eigenvalue weighted by molar-refractivity contribution is 5.82. The van der Waals surface area contributed by atoms with Gasteiger partial charge in [-0.3, -0.25) is 0 Å². The third kappa shape index (κ3) is 3.33. The lowest BCUT2D eigenvalue weighted by molar-refractivity contribution is 0.583. The van der Waals surface area contributed by atoms with Gasteiger partial charge in [0.2, 0.25) is 0 Å². The molecule has 222 valence electrons. The number of hydrogen-bond acceptors (Lipinski definition) is 0. The van der Waals surface area contributed by atoms with E-state index in [1.54, 1.807) is 0 Å². The molecular formula is C46H38. The van der Waals surface area contributed by atoms with Crippen LogP contribution in [-0.4, -0.2) is 0 Å². The molecule has 0 spiro atoms. The Morgan fingerprint density at radius 1 is 0.413 bits per heavy atom. The first-order chi connectivity index (χ1) is 22.0. The second kappa shape index (κ2) is 8.93. The molecule has 0 heteroatoms. The van der Waals surface area contributed by atoms with Crippen molar-refractivity contribution in [3.05, 3.63) is 174 Å². The van der Waals surface area contributed by atoms with Crippen LogP contribution in [0.15, 0.2) is 84.9 Å². The van der Waals surface area contributed by atoms with Gasteiger partial charge in [-0.2, -0.15) is 0 Å². The highest BCUT2D eigenvalue weighted by Gasteiger charge is 2.50. The van der Waals surface area contributed by atoms with Crippen molar-refractivity contribution in [2.45, 2.75) is 76.0 Å². The Kier molecular flexibility index (Phi) is 5.35. The zero-order valence-electron chi connectivity index (χ0n) is 27.5. The topological polar surface area (TPSA) is 0 Å². The quantitative estimate of drug-likeness (QED) is 0.154. The van der Waals surface area contributed by atoms with E-state index >= 15 is 0 Å². The maximum Gasteiger partial charge on any atom is 0.0362 e. The van der Waals surface area contributed by atoms with E-state index in [1.165, 1.54) is 77.9 Å². The SMILES string of the molecule is C#Cc1c2c(c(C#C)c3c1[C@@H]1c4ccc(C(C)(C)C)cc4[C@@H]3c3ccc(C(C)(C)C)cc31)C1c3ccccc3C2c2ccccc21. The number of terminal acetylenes is 2. The summed E-state index contributed by atoms with van der Waals surface area (Å²) >= 11 is 0. The molecule has 5 aromatic rings. The molecular weight excluding hydrogens is 553 g/mol. The Morgan fingerprint density at radius 2 is 0.696 bits per heavy atom. The van der Waals surface area contributed by atoms with Crippen LogP contribution in [0.25, 0.3) is 0 Å². The Bertz CT molecular complexity index is 2050. The van der Waals surface area contributed by atoms with E-state index in [9.17, 15) is 0 Å². The molecule has 46 heavy (non-hydrogen) atoms. The molecule has 6 aliphatic carbocycles. The predicted octanol–water partition coefficient (Wildman–Crippen LogP) is 10.2. The molecule has 11 rings (SSSR count). The van der Waals surface area contributed by atoms with Crippen molar-refractivity contribution in [2.75, 3.05) is 0 Å². The van der Waals surface area contributed by atoms with Crippen LogP contribution < -0.4 is 0 Å². The Hall–Kier alpha value is -4.78. The molecule has 0 heterocycles. The fourth-order valence-electron chi connectivity index (χ4n) is 9.44. The molecule has 4 bridgehead atoms. The van der Waals surface area contributed by atoms with Gasteiger partial charge in [0.05, 0.1) is 0 Å². The molecule has 6 aliphatic rings. The van der Waals surface area contributed by atoms with Crippen LogP contribution in [0.5, 0.6) is 0 Å². The first-order valence-corrected chi connectivity index (χ1v) is 16.7. The minimum Gasteiger partial charge on any atom is -0.115 e. The van der Waals surface area contributed by atoms with Crippen molar-refractivity contribution < 1.29 is 0 Å². The molecule has 2 atom stereocenters. The number of rotatable bonds is 0. The summed E-state index contributed by atoms with van der Waals surface area (Å²) in [5, 5.41) is 0. The molecule has 0 N–H and O–H groups in total. The van der Waals surface area contributed by atoms with Gasteiger partial charge in [-0.25, -0.2) is 0 Å². The molecule has 0 aromatic heterocycles. The average molecular weight is 591 g/mol. The predicted molar refractivity (Wildman–Crippen MR) is 189 cm³/mol. The number of benzene rings is 5. The summed E-state index contributed by atoms with van der Waals surface area (Å²) in [4.78, 5) is 0. The summed E-state index contributed by atoms with van der Waals surface area (Å²) in [5.41, 5.74) is 21.0. The van der Waals surface area contributed by atoms with Crippen molar-refractivity contribution >= 4 is 0 Å². The van der Waals surface area contributed by atoms with E-state index in [4.69, 9.17) is 12.8 Å². The first-order valence-electron chi connectivity index (χ1n) is 16.7. The minimum atomic E-state index is 0.0365. The minimum absolute atomic E-state index is 0.0365. The Balaban J connectivity index is 1.43. The van der Waals surface area contributed by atoms with E-state index in [2.05, 4.69) is 138 Å². The molecule has 0 nitrogen and oxygen atoms in total. The monoisotopic (exact) mass is 590 g/mol. The maximum atomic E-state index is 6.71. The zero-order valence-corrected chi connectivity index (χ0v) is 27.5. The fourth-order valence-corrected chi connectivity index (χ4v) is 9.44. The standard InChI is InChI=1S/C46H38/c1-9-27-41-37-29-15-11-13-17-31(29)38(32-18-14-12-16-30(32)37)42(41)28(10-2)44-40-34-22-20-25(45(3,4)5)23-35(34)39(43(27)44)33-21-19-26(24-36(33)40)46(6,7)8/h1-2,11-24,37-40H,3-8H3/t37?,38?,39-,40+. The van der Waals surface area contributed by atoms with Gasteiger partial charge in [0, 0.05) is 34.8 Å². The van der Waals surface area contributed by atoms with E-state index in [0.29, 0.717) is 0 Å². The lowest BCUT2D eigenvalue weighted by atomic mass is 9.53. The van der Waals surface area contributed by atoms with E-state index in [0.717, 1.165) is 11.1 Å². The molecule has 0 saturated carbocycles. The summed E-state index contributed by atoms with van der Waals surface area (Å²) in [7, 11) is 0. The van der Waals surface area contributed by atoms with Gasteiger partial charge in [0.15, 0.2) is 0 Å². The summed E-state index contributed by atoms with van der Waals surface area (Å²) in [6.07, 6.45) is 13.4. The Morgan fingerprint density at radius 3 is 0.978 bits per heavy atom. The molecule has 0 radical (unpaired) electrons. The van der Waals surface area contributed by atoms with Crippen molar-refractivity contribution in [1.29, 1.82) is 0 Å². The van der Waals surface area contributed by atoms with Gasteiger partial charge in [-0.05, 0) is 88.7 Å². The highest BCUT2D eigenvalue weighted by atomic mass is 14.5. The van der Waals surface area contributed by atoms with Crippen molar-refractivity contribution in [3.8, 4) is 24.7 Å². The van der Waals surface area contributed by atoms with Gasteiger partial charge >= 0.3 is 0 Å². The third-order valence-corrected chi connectivity index (χ3v) is 11.5. The molecule has 0 amide bonds. The molecule has 0 saturated heterocycles. The zero-order chi connectivity index (χ0) is 31.9. The largest absolute Gasteiger partial charge is 0.115 e. The Labute approximate surface area is 273 Å². The van der Waals surface area contributed by atoms with Crippen LogP contribution in [-0.2, 0) is 10.8 Å². The van der Waals surface area contributed by atoms with Crippen molar-refractivity contribution in [1.82, 2.24) is 0 Å². The van der Waals surface area contributed by atoms with Gasteiger partial charge in [0.25, 0.3) is 0 Å². The van der Waals surface area contributed by atoms with E-state index in [1.807, 2.05) is 0 Å². The van der Waals surface area contributed by atoms with Crippen molar-refractivity contribution in [3.63, 3.8) is 0 Å². The second-order valence-electron chi connectivity index (χ2n) is 15.9. The summed E-state index contributed by atoms with van der Waals surface area (Å²) in [6, 6.07) is 32.4. The molecule has 0 unspecified atom stereocenters. The smallest absolute Gasteiger partial charge is 0.0362 e. The fraction of sp³-hybridized carbons (Fsp3) is 0.261. The van der Waals surface area contributed by atoms with Crippen LogP contribution in [0.1, 0.15) is 154 Å². The normalized spacial score (nSPS) is 20.8.